The third kappa shape index (κ3) is 5.55. The van der Waals surface area contributed by atoms with Gasteiger partial charge in [-0.05, 0) is 30.2 Å². The molecule has 0 aliphatic carbocycles. The van der Waals surface area contributed by atoms with Crippen LogP contribution in [0.4, 0.5) is 18.6 Å². The van der Waals surface area contributed by atoms with E-state index in [-0.39, 0.29) is 73.8 Å². The van der Waals surface area contributed by atoms with Crippen molar-refractivity contribution in [3.8, 4) is 0 Å². The summed E-state index contributed by atoms with van der Waals surface area (Å²) in [4.78, 5) is 13.2. The average molecular weight is 297 g/mol. The van der Waals surface area contributed by atoms with Gasteiger partial charge < -0.3 is 18.1 Å². The maximum atomic E-state index is 12.4. The second-order valence-electron chi connectivity index (χ2n) is 3.69. The van der Waals surface area contributed by atoms with E-state index in [4.69, 9.17) is 10.6 Å². The number of halogens is 3. The average Bonchev–Trinajstić information content (AvgIpc) is 2.21. The second-order valence-corrected chi connectivity index (χ2v) is 3.69. The first-order valence-electron chi connectivity index (χ1n) is 4.87. The Morgan fingerprint density at radius 1 is 1.47 bits per heavy atom. The first-order valence-corrected chi connectivity index (χ1v) is 4.87. The van der Waals surface area contributed by atoms with Gasteiger partial charge in [0.2, 0.25) is 0 Å². The Morgan fingerprint density at radius 2 is 2.05 bits per heavy atom. The molecule has 19 heavy (non-hydrogen) atoms. The fourth-order valence-electron chi connectivity index (χ4n) is 1.49. The molecule has 0 saturated heterocycles. The first-order chi connectivity index (χ1) is 8.24. The molecule has 0 saturated carbocycles. The molecular formula is C9H8BF3KN3O2. The van der Waals surface area contributed by atoms with Gasteiger partial charge >= 0.3 is 64.3 Å². The number of aromatic carboxylic acids is 1. The summed E-state index contributed by atoms with van der Waals surface area (Å²) in [7, 11) is 0. The summed E-state index contributed by atoms with van der Waals surface area (Å²) in [5.74, 6) is -1.37. The SMILES string of the molecule is Cc1c(C[B-](F)(F)F)cc(C(=O)O)cc1N=[N+]=[N-].[K+]. The van der Waals surface area contributed by atoms with E-state index in [0.29, 0.717) is 0 Å². The van der Waals surface area contributed by atoms with Gasteiger partial charge in [0.15, 0.2) is 0 Å². The number of carbonyl (C=O) groups is 1. The molecule has 0 amide bonds. The number of nitrogens with zero attached hydrogens (tertiary/aromatic N) is 3. The summed E-state index contributed by atoms with van der Waals surface area (Å²) < 4.78 is 37.2. The van der Waals surface area contributed by atoms with E-state index in [0.717, 1.165) is 12.1 Å². The van der Waals surface area contributed by atoms with Crippen molar-refractivity contribution in [3.05, 3.63) is 39.3 Å². The summed E-state index contributed by atoms with van der Waals surface area (Å²) in [6.45, 7) is -3.74. The van der Waals surface area contributed by atoms with Crippen LogP contribution in [0, 0.1) is 6.92 Å². The maximum absolute atomic E-state index is 12.4. The van der Waals surface area contributed by atoms with Gasteiger partial charge in [0.1, 0.15) is 0 Å². The number of carboxylic acid groups (broad SMARTS) is 1. The molecule has 1 aromatic rings. The van der Waals surface area contributed by atoms with Crippen LogP contribution in [0.3, 0.4) is 0 Å². The van der Waals surface area contributed by atoms with Crippen molar-refractivity contribution in [1.29, 1.82) is 0 Å². The van der Waals surface area contributed by atoms with E-state index in [2.05, 4.69) is 10.0 Å². The largest absolute Gasteiger partial charge is 1.00 e. The topological polar surface area (TPSA) is 86.1 Å². The molecular weight excluding hydrogens is 289 g/mol. The first kappa shape index (κ1) is 18.5. The third-order valence-corrected chi connectivity index (χ3v) is 2.34. The van der Waals surface area contributed by atoms with Gasteiger partial charge in [-0.3, -0.25) is 0 Å². The molecule has 0 spiro atoms. The molecule has 0 aliphatic heterocycles. The van der Waals surface area contributed by atoms with Gasteiger partial charge in [-0.2, -0.15) is 0 Å². The van der Waals surface area contributed by atoms with Crippen LogP contribution in [0.15, 0.2) is 17.2 Å². The Labute approximate surface area is 149 Å². The molecule has 0 bridgehead atoms. The van der Waals surface area contributed by atoms with Crippen LogP contribution in [-0.2, 0) is 6.32 Å². The van der Waals surface area contributed by atoms with E-state index in [1.807, 2.05) is 0 Å². The van der Waals surface area contributed by atoms with E-state index >= 15 is 0 Å². The maximum Gasteiger partial charge on any atom is 1.00 e. The van der Waals surface area contributed by atoms with Crippen molar-refractivity contribution >= 4 is 18.6 Å². The zero-order valence-corrected chi connectivity index (χ0v) is 13.4. The van der Waals surface area contributed by atoms with Gasteiger partial charge in [0.25, 0.3) is 0 Å². The minimum absolute atomic E-state index is 0. The Bertz CT molecular complexity index is 544. The predicted octanol–water partition coefficient (Wildman–Crippen LogP) is 0.568. The van der Waals surface area contributed by atoms with Crippen molar-refractivity contribution in [2.45, 2.75) is 13.2 Å². The molecule has 0 radical (unpaired) electrons. The Balaban J connectivity index is 0.00000324. The van der Waals surface area contributed by atoms with E-state index < -0.39 is 19.3 Å². The van der Waals surface area contributed by atoms with E-state index in [9.17, 15) is 17.7 Å². The van der Waals surface area contributed by atoms with E-state index in [1.54, 1.807) is 0 Å². The fraction of sp³-hybridized carbons (Fsp3) is 0.222. The molecule has 0 heterocycles. The van der Waals surface area contributed by atoms with Crippen molar-refractivity contribution in [2.75, 3.05) is 0 Å². The summed E-state index contributed by atoms with van der Waals surface area (Å²) >= 11 is 0. The van der Waals surface area contributed by atoms with Crippen molar-refractivity contribution in [1.82, 2.24) is 0 Å². The standard InChI is InChI=1S/C9H8BF3N3O2.K/c1-5-7(4-10(11,12)13)2-6(9(17)18)3-8(5)15-16-14;/h2-3H,4H2,1H3,(H,17,18);/q-1;+1. The molecule has 10 heteroatoms. The molecule has 1 N–H and O–H groups in total. The summed E-state index contributed by atoms with van der Waals surface area (Å²) in [5.41, 5.74) is 7.80. The van der Waals surface area contributed by atoms with Gasteiger partial charge in [0, 0.05) is 10.6 Å². The summed E-state index contributed by atoms with van der Waals surface area (Å²) in [5, 5.41) is 12.0. The van der Waals surface area contributed by atoms with Crippen LogP contribution in [0.25, 0.3) is 10.4 Å². The van der Waals surface area contributed by atoms with Gasteiger partial charge in [-0.25, -0.2) is 4.79 Å². The molecule has 1 rings (SSSR count). The van der Waals surface area contributed by atoms with Gasteiger partial charge in [-0.1, -0.05) is 17.0 Å². The van der Waals surface area contributed by atoms with Gasteiger partial charge in [-0.15, -0.1) is 0 Å². The zero-order chi connectivity index (χ0) is 13.9. The number of benzene rings is 1. The molecule has 96 valence electrons. The summed E-state index contributed by atoms with van der Waals surface area (Å²) in [6.07, 6.45) is -1.21. The zero-order valence-electron chi connectivity index (χ0n) is 10.3. The van der Waals surface area contributed by atoms with Crippen molar-refractivity contribution in [3.63, 3.8) is 0 Å². The minimum atomic E-state index is -5.09. The molecule has 0 fully saturated rings. The Morgan fingerprint density at radius 3 is 2.47 bits per heavy atom. The van der Waals surface area contributed by atoms with Crippen molar-refractivity contribution in [2.24, 2.45) is 5.11 Å². The molecule has 1 aromatic carbocycles. The van der Waals surface area contributed by atoms with Gasteiger partial charge in [0.05, 0.1) is 5.56 Å². The number of carboxylic acids is 1. The third-order valence-electron chi connectivity index (χ3n) is 2.34. The van der Waals surface area contributed by atoms with E-state index in [1.165, 1.54) is 6.92 Å². The minimum Gasteiger partial charge on any atom is -0.478 e. The Hall–Kier alpha value is -0.509. The molecule has 0 atom stereocenters. The van der Waals surface area contributed by atoms with Crippen LogP contribution in [0.5, 0.6) is 0 Å². The molecule has 0 aliphatic rings. The Kier molecular flexibility index (Phi) is 7.12. The monoisotopic (exact) mass is 297 g/mol. The molecule has 0 aromatic heterocycles. The van der Waals surface area contributed by atoms with Crippen molar-refractivity contribution < 1.29 is 74.2 Å². The predicted molar refractivity (Wildman–Crippen MR) is 59.7 cm³/mol. The number of azide groups is 1. The molecule has 0 unspecified atom stereocenters. The smallest absolute Gasteiger partial charge is 0.478 e. The van der Waals surface area contributed by atoms with Crippen LogP contribution in [-0.4, -0.2) is 18.1 Å². The van der Waals surface area contributed by atoms with Crippen LogP contribution in [0.2, 0.25) is 0 Å². The normalized spacial score (nSPS) is 10.3. The second kappa shape index (κ2) is 7.32. The number of rotatable bonds is 4. The quantitative estimate of drug-likeness (QED) is 0.381. The summed E-state index contributed by atoms with van der Waals surface area (Å²) in [6, 6.07) is 1.99. The fourth-order valence-corrected chi connectivity index (χ4v) is 1.49. The number of hydrogen-bond acceptors (Lipinski definition) is 2. The molecule has 5 nitrogen and oxygen atoms in total. The van der Waals surface area contributed by atoms with Crippen LogP contribution in [0.1, 0.15) is 21.5 Å². The van der Waals surface area contributed by atoms with Crippen LogP contribution >= 0.6 is 0 Å². The van der Waals surface area contributed by atoms with Crippen LogP contribution < -0.4 is 51.4 Å². The number of hydrogen-bond donors (Lipinski definition) is 1.